The Balaban J connectivity index is 2.41. The van der Waals surface area contributed by atoms with Gasteiger partial charge < -0.3 is 19.6 Å². The fourth-order valence-electron chi connectivity index (χ4n) is 1.69. The smallest absolute Gasteiger partial charge is 0.225 e. The molecule has 0 aliphatic heterocycles. The minimum absolute atomic E-state index is 0.341. The molecule has 0 radical (unpaired) electrons. The topological polar surface area (TPSA) is 91.5 Å². The number of hydrogen-bond donors (Lipinski definition) is 2. The molecule has 0 fully saturated rings. The molecule has 2 rings (SSSR count). The normalized spacial score (nSPS) is 10.0. The Morgan fingerprint density at radius 2 is 1.75 bits per heavy atom. The first-order chi connectivity index (χ1) is 9.67. The van der Waals surface area contributed by atoms with Crippen LogP contribution in [0.3, 0.4) is 0 Å². The van der Waals surface area contributed by atoms with Gasteiger partial charge in [-0.05, 0) is 19.1 Å². The maximum Gasteiger partial charge on any atom is 0.225 e. The number of nitrogen functional groups attached to an aromatic ring is 1. The van der Waals surface area contributed by atoms with Gasteiger partial charge in [-0.3, -0.25) is 0 Å². The lowest BCUT2D eigenvalue weighted by Crippen LogP contribution is -2.10. The van der Waals surface area contributed by atoms with Gasteiger partial charge in [0.1, 0.15) is 11.6 Å². The fourth-order valence-corrected chi connectivity index (χ4v) is 1.69. The Bertz CT molecular complexity index is 582. The van der Waals surface area contributed by atoms with E-state index in [4.69, 9.17) is 20.1 Å². The van der Waals surface area contributed by atoms with Crippen LogP contribution in [-0.4, -0.2) is 24.2 Å². The lowest BCUT2D eigenvalue weighted by Gasteiger charge is -2.13. The summed E-state index contributed by atoms with van der Waals surface area (Å²) in [5.74, 6) is 8.21. The van der Waals surface area contributed by atoms with Crippen LogP contribution in [0.5, 0.6) is 23.1 Å². The van der Waals surface area contributed by atoms with E-state index in [9.17, 15) is 0 Å². The van der Waals surface area contributed by atoms with Gasteiger partial charge in [0.05, 0.1) is 14.2 Å². The monoisotopic (exact) mass is 276 g/mol. The number of hydrogen-bond acceptors (Lipinski definition) is 7. The van der Waals surface area contributed by atoms with Crippen LogP contribution in [0.4, 0.5) is 5.82 Å². The number of para-hydroxylation sites is 1. The number of rotatable bonds is 5. The van der Waals surface area contributed by atoms with Crippen LogP contribution < -0.4 is 25.5 Å². The maximum atomic E-state index is 5.75. The van der Waals surface area contributed by atoms with E-state index in [2.05, 4.69) is 15.4 Å². The molecule has 0 atom stereocenters. The van der Waals surface area contributed by atoms with E-state index in [1.165, 1.54) is 0 Å². The molecular weight excluding hydrogens is 260 g/mol. The highest BCUT2D eigenvalue weighted by Crippen LogP contribution is 2.39. The molecule has 2 aromatic rings. The Morgan fingerprint density at radius 3 is 2.30 bits per heavy atom. The van der Waals surface area contributed by atoms with Crippen molar-refractivity contribution >= 4 is 5.82 Å². The average molecular weight is 276 g/mol. The van der Waals surface area contributed by atoms with Gasteiger partial charge >= 0.3 is 0 Å². The molecule has 0 saturated heterocycles. The number of ether oxygens (including phenoxy) is 3. The van der Waals surface area contributed by atoms with Gasteiger partial charge in [-0.2, -0.15) is 4.98 Å². The second-order valence-corrected chi connectivity index (χ2v) is 3.88. The first kappa shape index (κ1) is 13.9. The van der Waals surface area contributed by atoms with Crippen LogP contribution in [0.2, 0.25) is 0 Å². The van der Waals surface area contributed by atoms with Gasteiger partial charge in [-0.1, -0.05) is 6.07 Å². The van der Waals surface area contributed by atoms with E-state index >= 15 is 0 Å². The molecule has 0 bridgehead atoms. The molecule has 7 heteroatoms. The van der Waals surface area contributed by atoms with Crippen molar-refractivity contribution in [3.8, 4) is 23.1 Å². The maximum absolute atomic E-state index is 5.75. The fraction of sp³-hybridized carbons (Fsp3) is 0.231. The van der Waals surface area contributed by atoms with Gasteiger partial charge in [0, 0.05) is 6.07 Å². The summed E-state index contributed by atoms with van der Waals surface area (Å²) in [6, 6.07) is 6.93. The van der Waals surface area contributed by atoms with Crippen molar-refractivity contribution in [2.45, 2.75) is 6.92 Å². The first-order valence-electron chi connectivity index (χ1n) is 5.89. The van der Waals surface area contributed by atoms with Crippen molar-refractivity contribution in [3.05, 3.63) is 30.1 Å². The minimum atomic E-state index is 0.341. The zero-order valence-electron chi connectivity index (χ0n) is 11.5. The highest BCUT2D eigenvalue weighted by molar-refractivity contribution is 5.53. The third kappa shape index (κ3) is 2.89. The summed E-state index contributed by atoms with van der Waals surface area (Å²) < 4.78 is 16.3. The number of nitrogens with zero attached hydrogens (tertiary/aromatic N) is 2. The van der Waals surface area contributed by atoms with E-state index in [1.54, 1.807) is 39.3 Å². The number of methoxy groups -OCH3 is 2. The van der Waals surface area contributed by atoms with Crippen LogP contribution in [0, 0.1) is 6.92 Å². The van der Waals surface area contributed by atoms with Crippen molar-refractivity contribution < 1.29 is 14.2 Å². The summed E-state index contributed by atoms with van der Waals surface area (Å²) in [6.45, 7) is 1.74. The van der Waals surface area contributed by atoms with E-state index in [-0.39, 0.29) is 0 Å². The average Bonchev–Trinajstić information content (AvgIpc) is 2.46. The predicted octanol–water partition coefficient (Wildman–Crippen LogP) is 1.88. The number of aryl methyl sites for hydroxylation is 1. The molecule has 0 spiro atoms. The van der Waals surface area contributed by atoms with Gasteiger partial charge in [0.2, 0.25) is 11.6 Å². The summed E-state index contributed by atoms with van der Waals surface area (Å²) in [5.41, 5.74) is 2.46. The highest BCUT2D eigenvalue weighted by atomic mass is 16.5. The lowest BCUT2D eigenvalue weighted by atomic mass is 10.3. The molecular formula is C13H16N4O3. The lowest BCUT2D eigenvalue weighted by molar-refractivity contribution is 0.341. The molecule has 0 unspecified atom stereocenters. The number of hydrazine groups is 1. The zero-order chi connectivity index (χ0) is 14.5. The Labute approximate surface area is 116 Å². The van der Waals surface area contributed by atoms with E-state index < -0.39 is 0 Å². The van der Waals surface area contributed by atoms with E-state index in [0.29, 0.717) is 34.8 Å². The number of anilines is 1. The molecule has 106 valence electrons. The van der Waals surface area contributed by atoms with Gasteiger partial charge in [0.25, 0.3) is 0 Å². The predicted molar refractivity (Wildman–Crippen MR) is 74.2 cm³/mol. The summed E-state index contributed by atoms with van der Waals surface area (Å²) in [4.78, 5) is 8.28. The van der Waals surface area contributed by atoms with Crippen molar-refractivity contribution in [2.24, 2.45) is 5.84 Å². The minimum Gasteiger partial charge on any atom is -0.493 e. The van der Waals surface area contributed by atoms with Crippen LogP contribution in [0.1, 0.15) is 5.82 Å². The molecule has 7 nitrogen and oxygen atoms in total. The summed E-state index contributed by atoms with van der Waals surface area (Å²) in [5, 5.41) is 0. The quantitative estimate of drug-likeness (QED) is 0.636. The van der Waals surface area contributed by atoms with Gasteiger partial charge in [-0.25, -0.2) is 10.8 Å². The largest absolute Gasteiger partial charge is 0.493 e. The summed E-state index contributed by atoms with van der Waals surface area (Å²) >= 11 is 0. The van der Waals surface area contributed by atoms with Crippen LogP contribution in [-0.2, 0) is 0 Å². The molecule has 1 aromatic heterocycles. The number of benzene rings is 1. The summed E-state index contributed by atoms with van der Waals surface area (Å²) in [7, 11) is 3.11. The molecule has 3 N–H and O–H groups in total. The summed E-state index contributed by atoms with van der Waals surface area (Å²) in [6.07, 6.45) is 0. The number of nitrogens with two attached hydrogens (primary N) is 1. The van der Waals surface area contributed by atoms with Crippen LogP contribution in [0.25, 0.3) is 0 Å². The Hall–Kier alpha value is -2.54. The van der Waals surface area contributed by atoms with Crippen molar-refractivity contribution in [3.63, 3.8) is 0 Å². The van der Waals surface area contributed by atoms with Crippen molar-refractivity contribution in [1.29, 1.82) is 0 Å². The van der Waals surface area contributed by atoms with Crippen LogP contribution in [0.15, 0.2) is 24.3 Å². The third-order valence-electron chi connectivity index (χ3n) is 2.55. The van der Waals surface area contributed by atoms with Crippen molar-refractivity contribution in [2.75, 3.05) is 19.6 Å². The molecule has 0 aliphatic carbocycles. The first-order valence-corrected chi connectivity index (χ1v) is 5.89. The molecule has 20 heavy (non-hydrogen) atoms. The number of aromatic nitrogens is 2. The second-order valence-electron chi connectivity index (χ2n) is 3.88. The van der Waals surface area contributed by atoms with Crippen molar-refractivity contribution in [1.82, 2.24) is 9.97 Å². The number of nitrogens with one attached hydrogen (secondary N) is 1. The van der Waals surface area contributed by atoms with Gasteiger partial charge in [0.15, 0.2) is 11.5 Å². The van der Waals surface area contributed by atoms with Crippen LogP contribution >= 0.6 is 0 Å². The molecule has 0 amide bonds. The Kier molecular flexibility index (Phi) is 4.21. The zero-order valence-corrected chi connectivity index (χ0v) is 11.5. The molecule has 0 aliphatic rings. The second kappa shape index (κ2) is 6.07. The molecule has 0 saturated carbocycles. The molecule has 1 heterocycles. The SMILES string of the molecule is COc1cccc(OC)c1Oc1cc(NN)nc(C)n1. The standard InChI is InChI=1S/C13H16N4O3/c1-8-15-11(17-14)7-12(16-8)20-13-9(18-2)5-4-6-10(13)19-3/h4-7H,14H2,1-3H3,(H,15,16,17). The van der Waals surface area contributed by atoms with E-state index in [0.717, 1.165) is 0 Å². The van der Waals surface area contributed by atoms with Gasteiger partial charge in [-0.15, -0.1) is 0 Å². The van der Waals surface area contributed by atoms with E-state index in [1.807, 2.05) is 6.07 Å². The Morgan fingerprint density at radius 1 is 1.10 bits per heavy atom. The third-order valence-corrected chi connectivity index (χ3v) is 2.55. The highest BCUT2D eigenvalue weighted by Gasteiger charge is 2.14. The molecule has 1 aromatic carbocycles.